The first-order valence-electron chi connectivity index (χ1n) is 8.56. The molecule has 0 amide bonds. The summed E-state index contributed by atoms with van der Waals surface area (Å²) in [6, 6.07) is 5.79. The summed E-state index contributed by atoms with van der Waals surface area (Å²) < 4.78 is 9.92. The third-order valence-electron chi connectivity index (χ3n) is 3.65. The van der Waals surface area contributed by atoms with Gasteiger partial charge in [-0.1, -0.05) is 17.2 Å². The van der Waals surface area contributed by atoms with Crippen LogP contribution in [0.3, 0.4) is 0 Å². The molecular formula is C19H17N5O6. The van der Waals surface area contributed by atoms with Crippen molar-refractivity contribution in [1.29, 1.82) is 0 Å². The number of hydrogen-bond donors (Lipinski definition) is 1. The minimum atomic E-state index is -0.842. The summed E-state index contributed by atoms with van der Waals surface area (Å²) >= 11 is 0. The topological polar surface area (TPSA) is 164 Å². The smallest absolute Gasteiger partial charge is 0.376 e. The van der Waals surface area contributed by atoms with Gasteiger partial charge in [0.25, 0.3) is 0 Å². The van der Waals surface area contributed by atoms with Crippen LogP contribution in [0.4, 0.5) is 5.69 Å². The lowest BCUT2D eigenvalue weighted by atomic mass is 10.1. The Labute approximate surface area is 170 Å². The molecule has 0 unspecified atom stereocenters. The molecule has 2 rings (SSSR count). The van der Waals surface area contributed by atoms with Crippen LogP contribution in [-0.2, 0) is 14.3 Å². The van der Waals surface area contributed by atoms with Crippen molar-refractivity contribution in [3.63, 3.8) is 0 Å². The molecule has 1 aromatic heterocycles. The van der Waals surface area contributed by atoms with Crippen molar-refractivity contribution in [3.05, 3.63) is 69.8 Å². The molecule has 11 nitrogen and oxygen atoms in total. The van der Waals surface area contributed by atoms with Crippen molar-refractivity contribution < 1.29 is 29.0 Å². The average Bonchev–Trinajstić information content (AvgIpc) is 2.71. The van der Waals surface area contributed by atoms with E-state index < -0.39 is 11.9 Å². The number of allylic oxidation sites excluding steroid dienone is 2. The fraction of sp³-hybridized carbons (Fsp3) is 0.211. The standard InChI is InChI=1S/C19H17N5O6/c1-11(25)16(12(2)26)14-9-21-17(22-10-14)19(28)30-8-7-29-18(27)13-3-5-15(6-4-13)23-24-20/h3-6,9-10,25H,7-8H2,1-2H3. The zero-order chi connectivity index (χ0) is 22.1. The highest BCUT2D eigenvalue weighted by atomic mass is 16.6. The molecule has 0 aliphatic carbocycles. The largest absolute Gasteiger partial charge is 0.512 e. The predicted octanol–water partition coefficient (Wildman–Crippen LogP) is 3.31. The maximum atomic E-state index is 12.0. The number of carbonyl (C=O) groups excluding carboxylic acids is 3. The fourth-order valence-corrected chi connectivity index (χ4v) is 2.36. The summed E-state index contributed by atoms with van der Waals surface area (Å²) in [6.45, 7) is 2.23. The highest BCUT2D eigenvalue weighted by Gasteiger charge is 2.16. The van der Waals surface area contributed by atoms with E-state index >= 15 is 0 Å². The monoisotopic (exact) mass is 411 g/mol. The van der Waals surface area contributed by atoms with Crippen LogP contribution in [0, 0.1) is 0 Å². The number of ether oxygens (including phenoxy) is 2. The number of esters is 2. The summed E-state index contributed by atoms with van der Waals surface area (Å²) in [6.07, 6.45) is 2.44. The normalized spacial score (nSPS) is 11.0. The maximum absolute atomic E-state index is 12.0. The highest BCUT2D eigenvalue weighted by Crippen LogP contribution is 2.17. The van der Waals surface area contributed by atoms with E-state index in [1.807, 2.05) is 0 Å². The van der Waals surface area contributed by atoms with Gasteiger partial charge in [-0.2, -0.15) is 0 Å². The number of benzene rings is 1. The van der Waals surface area contributed by atoms with Gasteiger partial charge in [-0.25, -0.2) is 19.6 Å². The average molecular weight is 411 g/mol. The van der Waals surface area contributed by atoms with Gasteiger partial charge in [0.1, 0.15) is 19.0 Å². The predicted molar refractivity (Wildman–Crippen MR) is 104 cm³/mol. The van der Waals surface area contributed by atoms with Crippen molar-refractivity contribution in [1.82, 2.24) is 9.97 Å². The zero-order valence-electron chi connectivity index (χ0n) is 16.1. The Balaban J connectivity index is 1.86. The van der Waals surface area contributed by atoms with Crippen molar-refractivity contribution >= 4 is 29.0 Å². The van der Waals surface area contributed by atoms with Crippen LogP contribution in [0.15, 0.2) is 47.5 Å². The molecule has 0 saturated carbocycles. The summed E-state index contributed by atoms with van der Waals surface area (Å²) in [7, 11) is 0. The number of hydrogen-bond acceptors (Lipinski definition) is 9. The van der Waals surface area contributed by atoms with Crippen LogP contribution in [-0.4, -0.2) is 46.0 Å². The molecule has 0 bridgehead atoms. The number of azide groups is 1. The lowest BCUT2D eigenvalue weighted by molar-refractivity contribution is -0.111. The Bertz CT molecular complexity index is 1020. The summed E-state index contributed by atoms with van der Waals surface area (Å²) in [5.74, 6) is -2.29. The molecule has 0 aliphatic heterocycles. The molecule has 0 fully saturated rings. The number of aliphatic hydroxyl groups is 1. The van der Waals surface area contributed by atoms with E-state index in [9.17, 15) is 19.5 Å². The van der Waals surface area contributed by atoms with Crippen molar-refractivity contribution in [2.24, 2.45) is 5.11 Å². The van der Waals surface area contributed by atoms with Crippen molar-refractivity contribution in [3.8, 4) is 0 Å². The fourth-order valence-electron chi connectivity index (χ4n) is 2.36. The molecule has 0 radical (unpaired) electrons. The van der Waals surface area contributed by atoms with E-state index in [0.29, 0.717) is 5.69 Å². The van der Waals surface area contributed by atoms with Crippen LogP contribution in [0.2, 0.25) is 0 Å². The summed E-state index contributed by atoms with van der Waals surface area (Å²) in [5.41, 5.74) is 9.25. The second-order valence-electron chi connectivity index (χ2n) is 5.82. The summed E-state index contributed by atoms with van der Waals surface area (Å²) in [4.78, 5) is 45.7. The minimum absolute atomic E-state index is 0.0503. The van der Waals surface area contributed by atoms with E-state index in [1.54, 1.807) is 0 Å². The van der Waals surface area contributed by atoms with Gasteiger partial charge in [0, 0.05) is 28.6 Å². The van der Waals surface area contributed by atoms with Crippen LogP contribution >= 0.6 is 0 Å². The zero-order valence-corrected chi connectivity index (χ0v) is 16.1. The molecule has 2 aromatic rings. The molecule has 154 valence electrons. The molecule has 1 aromatic carbocycles. The highest BCUT2D eigenvalue weighted by molar-refractivity contribution is 6.19. The first-order chi connectivity index (χ1) is 14.3. The Hall–Kier alpha value is -4.24. The number of aromatic nitrogens is 2. The third kappa shape index (κ3) is 5.88. The Kier molecular flexibility index (Phi) is 7.60. The SMILES string of the molecule is CC(=O)C(=C(C)O)c1cnc(C(=O)OCCOC(=O)c2ccc(N=[N+]=[N-])cc2)nc1. The van der Waals surface area contributed by atoms with Gasteiger partial charge < -0.3 is 14.6 Å². The lowest BCUT2D eigenvalue weighted by Crippen LogP contribution is -2.16. The number of carbonyl (C=O) groups is 3. The molecule has 0 atom stereocenters. The van der Waals surface area contributed by atoms with Gasteiger partial charge in [0.2, 0.25) is 5.82 Å². The molecule has 1 N–H and O–H groups in total. The van der Waals surface area contributed by atoms with Gasteiger partial charge in [-0.05, 0) is 31.5 Å². The molecule has 0 saturated heterocycles. The third-order valence-corrected chi connectivity index (χ3v) is 3.65. The first-order valence-corrected chi connectivity index (χ1v) is 8.56. The van der Waals surface area contributed by atoms with Gasteiger partial charge >= 0.3 is 11.9 Å². The van der Waals surface area contributed by atoms with Gasteiger partial charge in [-0.3, -0.25) is 4.79 Å². The lowest BCUT2D eigenvalue weighted by Gasteiger charge is -2.07. The number of Topliss-reactive ketones (excluding diaryl/α,β-unsaturated/α-hetero) is 1. The van der Waals surface area contributed by atoms with E-state index in [0.717, 1.165) is 0 Å². The maximum Gasteiger partial charge on any atom is 0.376 e. The van der Waals surface area contributed by atoms with Gasteiger partial charge in [-0.15, -0.1) is 0 Å². The molecule has 30 heavy (non-hydrogen) atoms. The molecule has 0 spiro atoms. The second-order valence-corrected chi connectivity index (χ2v) is 5.82. The van der Waals surface area contributed by atoms with E-state index in [1.165, 1.54) is 50.5 Å². The number of nitrogens with zero attached hydrogens (tertiary/aromatic N) is 5. The van der Waals surface area contributed by atoms with Crippen molar-refractivity contribution in [2.75, 3.05) is 13.2 Å². The molecule has 1 heterocycles. The first kappa shape index (κ1) is 22.1. The number of aliphatic hydroxyl groups excluding tert-OH is 1. The van der Waals surface area contributed by atoms with Crippen molar-refractivity contribution in [2.45, 2.75) is 13.8 Å². The Morgan fingerprint density at radius 3 is 2.07 bits per heavy atom. The van der Waals surface area contributed by atoms with E-state index in [2.05, 4.69) is 20.0 Å². The Morgan fingerprint density at radius 2 is 1.57 bits per heavy atom. The number of ketones is 1. The number of rotatable bonds is 8. The van der Waals surface area contributed by atoms with Crippen LogP contribution in [0.5, 0.6) is 0 Å². The molecule has 0 aliphatic rings. The van der Waals surface area contributed by atoms with Crippen LogP contribution in [0.1, 0.15) is 40.4 Å². The molecule has 11 heteroatoms. The van der Waals surface area contributed by atoms with Crippen LogP contribution in [0.25, 0.3) is 16.0 Å². The van der Waals surface area contributed by atoms with Crippen LogP contribution < -0.4 is 0 Å². The molecular weight excluding hydrogens is 394 g/mol. The van der Waals surface area contributed by atoms with E-state index in [4.69, 9.17) is 15.0 Å². The van der Waals surface area contributed by atoms with Gasteiger partial charge in [0.05, 0.1) is 11.1 Å². The second kappa shape index (κ2) is 10.3. The van der Waals surface area contributed by atoms with E-state index in [-0.39, 0.29) is 47.3 Å². The van der Waals surface area contributed by atoms with Gasteiger partial charge in [0.15, 0.2) is 5.78 Å². The summed E-state index contributed by atoms with van der Waals surface area (Å²) in [5, 5.41) is 13.0. The Morgan fingerprint density at radius 1 is 1.00 bits per heavy atom. The minimum Gasteiger partial charge on any atom is -0.512 e. The quantitative estimate of drug-likeness (QED) is 0.131.